The maximum absolute atomic E-state index is 12.7. The first-order chi connectivity index (χ1) is 6.97. The van der Waals surface area contributed by atoms with Crippen molar-refractivity contribution in [1.29, 1.82) is 0 Å². The molecule has 0 atom stereocenters. The molecule has 0 amide bonds. The van der Waals surface area contributed by atoms with Crippen LogP contribution >= 0.6 is 11.6 Å². The maximum Gasteiger partial charge on any atom is 0.338 e. The minimum absolute atomic E-state index is 0.216. The summed E-state index contributed by atoms with van der Waals surface area (Å²) < 4.78 is 37.4. The smallest absolute Gasteiger partial charge is 0.338 e. The molecule has 0 unspecified atom stereocenters. The molecule has 0 aliphatic carbocycles. The fourth-order valence-corrected chi connectivity index (χ4v) is 1.30. The number of nitrogens with zero attached hydrogens (tertiary/aromatic N) is 1. The number of rotatable bonds is 3. The van der Waals surface area contributed by atoms with E-state index in [-0.39, 0.29) is 11.4 Å². The number of hydrogen-bond acceptors (Lipinski definition) is 2. The molecule has 0 saturated carbocycles. The van der Waals surface area contributed by atoms with Gasteiger partial charge >= 0.3 is 5.97 Å². The molecule has 0 fully saturated rings. The summed E-state index contributed by atoms with van der Waals surface area (Å²) in [5, 5.41) is 8.66. The predicted octanol–water partition coefficient (Wildman–Crippen LogP) is 2.60. The lowest BCUT2D eigenvalue weighted by atomic mass is 10.1. The van der Waals surface area contributed by atoms with Crippen LogP contribution in [-0.4, -0.2) is 16.1 Å². The Kier molecular flexibility index (Phi) is 3.52. The second kappa shape index (κ2) is 4.48. The van der Waals surface area contributed by atoms with Crippen LogP contribution in [0.15, 0.2) is 6.07 Å². The number of carboxylic acid groups (broad SMARTS) is 1. The minimum Gasteiger partial charge on any atom is -0.478 e. The van der Waals surface area contributed by atoms with Crippen LogP contribution in [0.2, 0.25) is 0 Å². The van der Waals surface area contributed by atoms with Gasteiger partial charge in [0.2, 0.25) is 5.95 Å². The van der Waals surface area contributed by atoms with Crippen molar-refractivity contribution in [2.24, 2.45) is 0 Å². The summed E-state index contributed by atoms with van der Waals surface area (Å²) in [6.07, 6.45) is -3.16. The highest BCUT2D eigenvalue weighted by Gasteiger charge is 2.24. The molecule has 0 bridgehead atoms. The van der Waals surface area contributed by atoms with E-state index in [1.165, 1.54) is 0 Å². The van der Waals surface area contributed by atoms with E-state index in [0.29, 0.717) is 0 Å². The quantitative estimate of drug-likeness (QED) is 0.652. The molecule has 0 aromatic carbocycles. The molecule has 1 N–H and O–H groups in total. The summed E-state index contributed by atoms with van der Waals surface area (Å²) in [7, 11) is 0. The molecule has 3 nitrogen and oxygen atoms in total. The third-order valence-electron chi connectivity index (χ3n) is 1.66. The molecule has 0 aliphatic heterocycles. The molecule has 82 valence electrons. The van der Waals surface area contributed by atoms with Crippen molar-refractivity contribution in [2.45, 2.75) is 12.3 Å². The van der Waals surface area contributed by atoms with E-state index in [1.807, 2.05) is 0 Å². The Hall–Kier alpha value is -1.30. The van der Waals surface area contributed by atoms with Gasteiger partial charge in [-0.15, -0.1) is 11.6 Å². The Morgan fingerprint density at radius 2 is 2.20 bits per heavy atom. The van der Waals surface area contributed by atoms with Crippen LogP contribution in [0.25, 0.3) is 0 Å². The largest absolute Gasteiger partial charge is 0.478 e. The standard InChI is InChI=1S/C8H5ClF3NO2/c9-2-3-1-4(10)13-6(7(11)12)5(3)8(14)15/h1,7H,2H2,(H,14,15). The first kappa shape index (κ1) is 11.8. The molecule has 0 saturated heterocycles. The topological polar surface area (TPSA) is 50.2 Å². The monoisotopic (exact) mass is 239 g/mol. The molecule has 0 aliphatic rings. The predicted molar refractivity (Wildman–Crippen MR) is 45.7 cm³/mol. The Labute approximate surface area is 87.5 Å². The van der Waals surface area contributed by atoms with Gasteiger partial charge in [-0.3, -0.25) is 0 Å². The lowest BCUT2D eigenvalue weighted by molar-refractivity contribution is 0.0680. The summed E-state index contributed by atoms with van der Waals surface area (Å²) in [5.74, 6) is -3.15. The van der Waals surface area contributed by atoms with Gasteiger partial charge in [0.1, 0.15) is 5.69 Å². The van der Waals surface area contributed by atoms with Gasteiger partial charge in [0.05, 0.1) is 5.56 Å². The first-order valence-electron chi connectivity index (χ1n) is 3.74. The summed E-state index contributed by atoms with van der Waals surface area (Å²) in [6, 6.07) is 0.725. The summed E-state index contributed by atoms with van der Waals surface area (Å²) >= 11 is 5.32. The molecule has 15 heavy (non-hydrogen) atoms. The van der Waals surface area contributed by atoms with Gasteiger partial charge in [0.25, 0.3) is 6.43 Å². The van der Waals surface area contributed by atoms with E-state index < -0.39 is 29.6 Å². The fourth-order valence-electron chi connectivity index (χ4n) is 1.09. The zero-order chi connectivity index (χ0) is 11.6. The van der Waals surface area contributed by atoms with Crippen LogP contribution in [0.3, 0.4) is 0 Å². The Balaban J connectivity index is 3.47. The number of hydrogen-bond donors (Lipinski definition) is 1. The molecule has 1 aromatic heterocycles. The second-order valence-corrected chi connectivity index (χ2v) is 2.87. The zero-order valence-corrected chi connectivity index (χ0v) is 7.93. The van der Waals surface area contributed by atoms with E-state index in [2.05, 4.69) is 4.98 Å². The highest BCUT2D eigenvalue weighted by molar-refractivity contribution is 6.17. The second-order valence-electron chi connectivity index (χ2n) is 2.60. The first-order valence-corrected chi connectivity index (χ1v) is 4.27. The van der Waals surface area contributed by atoms with Crippen molar-refractivity contribution in [3.05, 3.63) is 28.8 Å². The molecule has 1 rings (SSSR count). The average Bonchev–Trinajstić information content (AvgIpc) is 2.15. The zero-order valence-electron chi connectivity index (χ0n) is 7.18. The van der Waals surface area contributed by atoms with Crippen LogP contribution in [-0.2, 0) is 5.88 Å². The number of aromatic carboxylic acids is 1. The number of carbonyl (C=O) groups is 1. The van der Waals surface area contributed by atoms with Crippen LogP contribution in [0.1, 0.15) is 28.0 Å². The highest BCUT2D eigenvalue weighted by Crippen LogP contribution is 2.25. The summed E-state index contributed by atoms with van der Waals surface area (Å²) in [5.41, 5.74) is -2.05. The van der Waals surface area contributed by atoms with Crippen LogP contribution in [0.5, 0.6) is 0 Å². The Bertz CT molecular complexity index is 398. The summed E-state index contributed by atoms with van der Waals surface area (Å²) in [4.78, 5) is 13.5. The maximum atomic E-state index is 12.7. The van der Waals surface area contributed by atoms with Gasteiger partial charge in [0, 0.05) is 5.88 Å². The van der Waals surface area contributed by atoms with Gasteiger partial charge in [0.15, 0.2) is 0 Å². The van der Waals surface area contributed by atoms with Crippen LogP contribution in [0.4, 0.5) is 13.2 Å². The van der Waals surface area contributed by atoms with Crippen molar-refractivity contribution in [1.82, 2.24) is 4.98 Å². The van der Waals surface area contributed by atoms with E-state index in [9.17, 15) is 18.0 Å². The molecular weight excluding hydrogens is 235 g/mol. The lowest BCUT2D eigenvalue weighted by Gasteiger charge is -2.08. The van der Waals surface area contributed by atoms with Gasteiger partial charge < -0.3 is 5.11 Å². The van der Waals surface area contributed by atoms with Crippen LogP contribution < -0.4 is 0 Å². The van der Waals surface area contributed by atoms with Gasteiger partial charge in [-0.05, 0) is 11.6 Å². The molecule has 7 heteroatoms. The van der Waals surface area contributed by atoms with E-state index in [0.717, 1.165) is 6.07 Å². The SMILES string of the molecule is O=C(O)c1c(CCl)cc(F)nc1C(F)F. The normalized spacial score (nSPS) is 10.7. The highest BCUT2D eigenvalue weighted by atomic mass is 35.5. The van der Waals surface area contributed by atoms with E-state index in [4.69, 9.17) is 16.7 Å². The van der Waals surface area contributed by atoms with Crippen molar-refractivity contribution < 1.29 is 23.1 Å². The number of carboxylic acids is 1. The fraction of sp³-hybridized carbons (Fsp3) is 0.250. The van der Waals surface area contributed by atoms with Gasteiger partial charge in [-0.1, -0.05) is 0 Å². The van der Waals surface area contributed by atoms with Crippen molar-refractivity contribution in [3.8, 4) is 0 Å². The van der Waals surface area contributed by atoms with Crippen molar-refractivity contribution in [2.75, 3.05) is 0 Å². The van der Waals surface area contributed by atoms with Crippen molar-refractivity contribution >= 4 is 17.6 Å². The molecule has 1 heterocycles. The average molecular weight is 240 g/mol. The van der Waals surface area contributed by atoms with Crippen LogP contribution in [0, 0.1) is 5.95 Å². The van der Waals surface area contributed by atoms with Gasteiger partial charge in [-0.25, -0.2) is 18.6 Å². The molecule has 0 spiro atoms. The number of aromatic nitrogens is 1. The van der Waals surface area contributed by atoms with E-state index in [1.54, 1.807) is 0 Å². The minimum atomic E-state index is -3.16. The summed E-state index contributed by atoms with van der Waals surface area (Å²) in [6.45, 7) is 0. The number of alkyl halides is 3. The number of pyridine rings is 1. The molecule has 0 radical (unpaired) electrons. The third kappa shape index (κ3) is 2.38. The van der Waals surface area contributed by atoms with E-state index >= 15 is 0 Å². The molecular formula is C8H5ClF3NO2. The third-order valence-corrected chi connectivity index (χ3v) is 1.95. The van der Waals surface area contributed by atoms with Crippen molar-refractivity contribution in [3.63, 3.8) is 0 Å². The molecule has 1 aromatic rings. The Morgan fingerprint density at radius 1 is 1.60 bits per heavy atom. The number of halogens is 4. The Morgan fingerprint density at radius 3 is 2.60 bits per heavy atom. The van der Waals surface area contributed by atoms with Gasteiger partial charge in [-0.2, -0.15) is 4.39 Å². The lowest BCUT2D eigenvalue weighted by Crippen LogP contribution is -2.10.